The fourth-order valence-electron chi connectivity index (χ4n) is 3.26. The Bertz CT molecular complexity index is 446. The van der Waals surface area contributed by atoms with Gasteiger partial charge in [0.15, 0.2) is 0 Å². The Morgan fingerprint density at radius 2 is 2.11 bits per heavy atom. The molecule has 1 aromatic heterocycles. The third-order valence-corrected chi connectivity index (χ3v) is 4.67. The number of piperidine rings is 1. The highest BCUT2D eigenvalue weighted by atomic mass is 15.2. The van der Waals surface area contributed by atoms with Crippen molar-refractivity contribution in [2.24, 2.45) is 0 Å². The van der Waals surface area contributed by atoms with Gasteiger partial charge >= 0.3 is 0 Å². The molecule has 1 aliphatic heterocycles. The monoisotopic (exact) mass is 260 g/mol. The minimum Gasteiger partial charge on any atom is -0.367 e. The maximum atomic E-state index is 4.49. The molecule has 0 spiro atoms. The molecule has 3 rings (SSSR count). The summed E-state index contributed by atoms with van der Waals surface area (Å²) in [5, 5.41) is 3.68. The summed E-state index contributed by atoms with van der Waals surface area (Å²) in [7, 11) is 2.22. The molecular weight excluding hydrogens is 236 g/mol. The standard InChI is InChI=1S/C15H24N4/c1-11-9-12(7-8-19(11)2)18-15-13-5-3-4-6-14(13)16-10-17-15/h10-12H,3-9H2,1-2H3,(H,16,17,18). The highest BCUT2D eigenvalue weighted by Crippen LogP contribution is 2.26. The zero-order valence-corrected chi connectivity index (χ0v) is 12.0. The third kappa shape index (κ3) is 2.73. The van der Waals surface area contributed by atoms with Gasteiger partial charge in [-0.15, -0.1) is 0 Å². The van der Waals surface area contributed by atoms with E-state index in [0.29, 0.717) is 12.1 Å². The van der Waals surface area contributed by atoms with E-state index < -0.39 is 0 Å². The van der Waals surface area contributed by atoms with Crippen LogP contribution in [0.2, 0.25) is 0 Å². The summed E-state index contributed by atoms with van der Waals surface area (Å²) in [4.78, 5) is 11.4. The molecule has 0 radical (unpaired) electrons. The van der Waals surface area contributed by atoms with Gasteiger partial charge in [-0.3, -0.25) is 0 Å². The first kappa shape index (κ1) is 12.9. The van der Waals surface area contributed by atoms with Crippen molar-refractivity contribution in [2.75, 3.05) is 18.9 Å². The Hall–Kier alpha value is -1.16. The molecule has 104 valence electrons. The van der Waals surface area contributed by atoms with Crippen molar-refractivity contribution < 1.29 is 0 Å². The third-order valence-electron chi connectivity index (χ3n) is 4.67. The molecule has 1 saturated heterocycles. The number of hydrogen-bond donors (Lipinski definition) is 1. The fourth-order valence-corrected chi connectivity index (χ4v) is 3.26. The first-order chi connectivity index (χ1) is 9.24. The smallest absolute Gasteiger partial charge is 0.133 e. The predicted molar refractivity (Wildman–Crippen MR) is 77.4 cm³/mol. The van der Waals surface area contributed by atoms with Crippen LogP contribution in [0.3, 0.4) is 0 Å². The van der Waals surface area contributed by atoms with Crippen molar-refractivity contribution in [1.29, 1.82) is 0 Å². The lowest BCUT2D eigenvalue weighted by molar-refractivity contribution is 0.190. The number of rotatable bonds is 2. The van der Waals surface area contributed by atoms with Gasteiger partial charge in [0, 0.05) is 29.9 Å². The largest absolute Gasteiger partial charge is 0.367 e. The molecular formula is C15H24N4. The molecule has 0 bridgehead atoms. The number of aromatic nitrogens is 2. The van der Waals surface area contributed by atoms with E-state index in [0.717, 1.165) is 18.7 Å². The van der Waals surface area contributed by atoms with E-state index in [2.05, 4.69) is 34.2 Å². The summed E-state index contributed by atoms with van der Waals surface area (Å²) in [5.41, 5.74) is 2.64. The summed E-state index contributed by atoms with van der Waals surface area (Å²) in [6.45, 7) is 3.48. The van der Waals surface area contributed by atoms with E-state index in [-0.39, 0.29) is 0 Å². The summed E-state index contributed by atoms with van der Waals surface area (Å²) in [6, 6.07) is 1.22. The van der Waals surface area contributed by atoms with Gasteiger partial charge in [-0.2, -0.15) is 0 Å². The van der Waals surface area contributed by atoms with E-state index in [4.69, 9.17) is 0 Å². The number of nitrogens with zero attached hydrogens (tertiary/aromatic N) is 3. The Labute approximate surface area is 115 Å². The Morgan fingerprint density at radius 1 is 1.26 bits per heavy atom. The minimum atomic E-state index is 0.562. The second kappa shape index (κ2) is 5.45. The molecule has 19 heavy (non-hydrogen) atoms. The average Bonchev–Trinajstić information content (AvgIpc) is 2.43. The van der Waals surface area contributed by atoms with Crippen LogP contribution in [0.5, 0.6) is 0 Å². The SMILES string of the molecule is CC1CC(Nc2ncnc3c2CCCC3)CCN1C. The first-order valence-corrected chi connectivity index (χ1v) is 7.53. The van der Waals surface area contributed by atoms with Crippen LogP contribution in [0.4, 0.5) is 5.82 Å². The number of aryl methyl sites for hydroxylation is 1. The van der Waals surface area contributed by atoms with Gasteiger partial charge in [0.2, 0.25) is 0 Å². The van der Waals surface area contributed by atoms with Gasteiger partial charge < -0.3 is 10.2 Å². The van der Waals surface area contributed by atoms with Crippen molar-refractivity contribution in [2.45, 2.75) is 57.5 Å². The predicted octanol–water partition coefficient (Wildman–Crippen LogP) is 2.25. The maximum Gasteiger partial charge on any atom is 0.133 e. The van der Waals surface area contributed by atoms with Crippen LogP contribution < -0.4 is 5.32 Å². The van der Waals surface area contributed by atoms with Crippen LogP contribution in [0.25, 0.3) is 0 Å². The zero-order chi connectivity index (χ0) is 13.2. The molecule has 4 heteroatoms. The van der Waals surface area contributed by atoms with E-state index in [1.54, 1.807) is 6.33 Å². The van der Waals surface area contributed by atoms with Crippen LogP contribution in [-0.2, 0) is 12.8 Å². The molecule has 0 aromatic carbocycles. The van der Waals surface area contributed by atoms with E-state index >= 15 is 0 Å². The lowest BCUT2D eigenvalue weighted by Gasteiger charge is -2.36. The summed E-state index contributed by atoms with van der Waals surface area (Å²) >= 11 is 0. The summed E-state index contributed by atoms with van der Waals surface area (Å²) in [6.07, 6.45) is 8.95. The second-order valence-corrected chi connectivity index (χ2v) is 6.05. The Morgan fingerprint density at radius 3 is 2.95 bits per heavy atom. The molecule has 4 nitrogen and oxygen atoms in total. The Balaban J connectivity index is 1.73. The van der Waals surface area contributed by atoms with Crippen LogP contribution in [0.1, 0.15) is 43.9 Å². The normalized spacial score (nSPS) is 27.9. The zero-order valence-electron chi connectivity index (χ0n) is 12.0. The lowest BCUT2D eigenvalue weighted by Crippen LogP contribution is -2.42. The molecule has 0 saturated carbocycles. The highest BCUT2D eigenvalue weighted by molar-refractivity contribution is 5.47. The maximum absolute atomic E-state index is 4.49. The number of fused-ring (bicyclic) bond motifs is 1. The van der Waals surface area contributed by atoms with E-state index in [1.165, 1.54) is 43.5 Å². The van der Waals surface area contributed by atoms with Gasteiger partial charge in [0.25, 0.3) is 0 Å². The molecule has 1 fully saturated rings. The fraction of sp³-hybridized carbons (Fsp3) is 0.733. The highest BCUT2D eigenvalue weighted by Gasteiger charge is 2.24. The number of hydrogen-bond acceptors (Lipinski definition) is 4. The van der Waals surface area contributed by atoms with E-state index in [9.17, 15) is 0 Å². The number of likely N-dealkylation sites (tertiary alicyclic amines) is 1. The van der Waals surface area contributed by atoms with Crippen molar-refractivity contribution in [3.05, 3.63) is 17.6 Å². The van der Waals surface area contributed by atoms with Crippen molar-refractivity contribution >= 4 is 5.82 Å². The van der Waals surface area contributed by atoms with Crippen LogP contribution >= 0.6 is 0 Å². The summed E-state index contributed by atoms with van der Waals surface area (Å²) in [5.74, 6) is 1.10. The van der Waals surface area contributed by atoms with Crippen LogP contribution in [-0.4, -0.2) is 40.5 Å². The second-order valence-electron chi connectivity index (χ2n) is 6.05. The van der Waals surface area contributed by atoms with Crippen molar-refractivity contribution in [1.82, 2.24) is 14.9 Å². The lowest BCUT2D eigenvalue weighted by atomic mass is 9.95. The quantitative estimate of drug-likeness (QED) is 0.885. The molecule has 0 amide bonds. The van der Waals surface area contributed by atoms with Crippen molar-refractivity contribution in [3.8, 4) is 0 Å². The van der Waals surface area contributed by atoms with E-state index in [1.807, 2.05) is 0 Å². The van der Waals surface area contributed by atoms with Gasteiger partial charge in [-0.05, 0) is 52.5 Å². The number of anilines is 1. The topological polar surface area (TPSA) is 41.1 Å². The Kier molecular flexibility index (Phi) is 3.69. The summed E-state index contributed by atoms with van der Waals surface area (Å²) < 4.78 is 0. The van der Waals surface area contributed by atoms with Crippen LogP contribution in [0.15, 0.2) is 6.33 Å². The van der Waals surface area contributed by atoms with Crippen LogP contribution in [0, 0.1) is 0 Å². The van der Waals surface area contributed by atoms with Gasteiger partial charge in [-0.1, -0.05) is 0 Å². The molecule has 1 N–H and O–H groups in total. The van der Waals surface area contributed by atoms with Gasteiger partial charge in [0.1, 0.15) is 12.1 Å². The van der Waals surface area contributed by atoms with Crippen molar-refractivity contribution in [3.63, 3.8) is 0 Å². The minimum absolute atomic E-state index is 0.562. The average molecular weight is 260 g/mol. The molecule has 1 aromatic rings. The molecule has 2 atom stereocenters. The van der Waals surface area contributed by atoms with Gasteiger partial charge in [0.05, 0.1) is 0 Å². The first-order valence-electron chi connectivity index (χ1n) is 7.53. The molecule has 2 unspecified atom stereocenters. The molecule has 1 aliphatic carbocycles. The van der Waals surface area contributed by atoms with Gasteiger partial charge in [-0.25, -0.2) is 9.97 Å². The molecule has 2 heterocycles. The number of nitrogens with one attached hydrogen (secondary N) is 1. The molecule has 2 aliphatic rings.